The van der Waals surface area contributed by atoms with Crippen molar-refractivity contribution >= 4 is 10.1 Å². The van der Waals surface area contributed by atoms with Gasteiger partial charge in [-0.05, 0) is 12.1 Å². The predicted octanol–water partition coefficient (Wildman–Crippen LogP) is 1.16. The van der Waals surface area contributed by atoms with Gasteiger partial charge >= 0.3 is 10.1 Å². The highest BCUT2D eigenvalue weighted by Gasteiger charge is 2.18. The summed E-state index contributed by atoms with van der Waals surface area (Å²) in [4.78, 5) is -0.504. The largest absolute Gasteiger partial charge is 0.300 e. The summed E-state index contributed by atoms with van der Waals surface area (Å²) in [6.45, 7) is -0.406. The van der Waals surface area contributed by atoms with E-state index in [9.17, 15) is 12.8 Å². The van der Waals surface area contributed by atoms with Gasteiger partial charge < -0.3 is 0 Å². The van der Waals surface area contributed by atoms with E-state index in [4.69, 9.17) is 6.42 Å². The van der Waals surface area contributed by atoms with Gasteiger partial charge in [0.25, 0.3) is 0 Å². The fourth-order valence-electron chi connectivity index (χ4n) is 0.823. The first-order valence-corrected chi connectivity index (χ1v) is 5.06. The molecule has 1 rings (SSSR count). The molecular weight excluding hydrogens is 207 g/mol. The Labute approximate surface area is 81.6 Å². The molecule has 3 nitrogen and oxygen atoms in total. The summed E-state index contributed by atoms with van der Waals surface area (Å²) in [5, 5.41) is 0. The van der Waals surface area contributed by atoms with Crippen LogP contribution in [0.3, 0.4) is 0 Å². The molecule has 5 heteroatoms. The first-order chi connectivity index (χ1) is 6.58. The van der Waals surface area contributed by atoms with Crippen LogP contribution < -0.4 is 0 Å². The van der Waals surface area contributed by atoms with E-state index in [2.05, 4.69) is 4.18 Å². The number of rotatable bonds is 3. The van der Waals surface area contributed by atoms with Crippen LogP contribution in [0.15, 0.2) is 29.2 Å². The molecule has 0 bridgehead atoms. The molecule has 0 heterocycles. The number of hydrogen-bond acceptors (Lipinski definition) is 3. The molecule has 0 aliphatic rings. The summed E-state index contributed by atoms with van der Waals surface area (Å²) in [6, 6.07) is 4.93. The molecule has 1 aromatic carbocycles. The van der Waals surface area contributed by atoms with E-state index < -0.39 is 27.4 Å². The third kappa shape index (κ3) is 2.31. The number of terminal acetylenes is 1. The molecule has 14 heavy (non-hydrogen) atoms. The van der Waals surface area contributed by atoms with Gasteiger partial charge in [-0.2, -0.15) is 8.42 Å². The summed E-state index contributed by atoms with van der Waals surface area (Å²) in [6.07, 6.45) is 4.82. The lowest BCUT2D eigenvalue weighted by Gasteiger charge is -2.02. The van der Waals surface area contributed by atoms with E-state index in [1.165, 1.54) is 12.1 Å². The van der Waals surface area contributed by atoms with Crippen LogP contribution >= 0.6 is 0 Å². The molecular formula is C9H7FO3S. The average molecular weight is 214 g/mol. The van der Waals surface area contributed by atoms with Crippen LogP contribution in [-0.2, 0) is 14.3 Å². The summed E-state index contributed by atoms with van der Waals surface area (Å²) < 4.78 is 39.9. The normalized spacial score (nSPS) is 10.9. The van der Waals surface area contributed by atoms with E-state index in [0.717, 1.165) is 12.1 Å². The molecule has 0 saturated carbocycles. The highest BCUT2D eigenvalue weighted by atomic mass is 32.2. The lowest BCUT2D eigenvalue weighted by molar-refractivity contribution is 0.360. The second-order valence-electron chi connectivity index (χ2n) is 2.35. The lowest BCUT2D eigenvalue weighted by Crippen LogP contribution is -2.08. The average Bonchev–Trinajstić information content (AvgIpc) is 2.15. The van der Waals surface area contributed by atoms with Crippen molar-refractivity contribution in [1.82, 2.24) is 0 Å². The van der Waals surface area contributed by atoms with Crippen molar-refractivity contribution in [3.8, 4) is 12.3 Å². The minimum atomic E-state index is -4.07. The topological polar surface area (TPSA) is 43.4 Å². The van der Waals surface area contributed by atoms with Crippen molar-refractivity contribution in [3.63, 3.8) is 0 Å². The quantitative estimate of drug-likeness (QED) is 0.560. The van der Waals surface area contributed by atoms with Crippen LogP contribution in [0.2, 0.25) is 0 Å². The van der Waals surface area contributed by atoms with Gasteiger partial charge in [0, 0.05) is 0 Å². The summed E-state index contributed by atoms with van der Waals surface area (Å²) in [7, 11) is -4.07. The Morgan fingerprint density at radius 1 is 1.43 bits per heavy atom. The minimum absolute atomic E-state index is 0.406. The van der Waals surface area contributed by atoms with E-state index in [1.807, 2.05) is 5.92 Å². The second-order valence-corrected chi connectivity index (χ2v) is 3.93. The van der Waals surface area contributed by atoms with Crippen molar-refractivity contribution in [3.05, 3.63) is 30.1 Å². The van der Waals surface area contributed by atoms with Gasteiger partial charge in [-0.3, -0.25) is 4.18 Å². The van der Waals surface area contributed by atoms with Crippen molar-refractivity contribution in [2.45, 2.75) is 4.90 Å². The second kappa shape index (κ2) is 4.22. The molecule has 0 aliphatic heterocycles. The maximum Gasteiger partial charge on any atom is 0.300 e. The van der Waals surface area contributed by atoms with Crippen molar-refractivity contribution in [2.75, 3.05) is 6.61 Å². The Bertz CT molecular complexity index is 459. The monoisotopic (exact) mass is 214 g/mol. The fourth-order valence-corrected chi connectivity index (χ4v) is 1.72. The molecule has 74 valence electrons. The van der Waals surface area contributed by atoms with Crippen LogP contribution in [0.25, 0.3) is 0 Å². The van der Waals surface area contributed by atoms with Crippen LogP contribution in [0.5, 0.6) is 0 Å². The number of halogens is 1. The van der Waals surface area contributed by atoms with Crippen LogP contribution in [0, 0.1) is 18.2 Å². The van der Waals surface area contributed by atoms with Gasteiger partial charge in [-0.1, -0.05) is 18.1 Å². The standard InChI is InChI=1S/C9H7FO3S/c1-2-7-13-14(11,12)9-6-4-3-5-8(9)10/h1,3-6H,7H2. The van der Waals surface area contributed by atoms with Gasteiger partial charge in [0.1, 0.15) is 17.3 Å². The molecule has 0 aliphatic carbocycles. The van der Waals surface area contributed by atoms with Gasteiger partial charge in [-0.25, -0.2) is 4.39 Å². The summed E-state index contributed by atoms with van der Waals surface area (Å²) >= 11 is 0. The number of hydrogen-bond donors (Lipinski definition) is 0. The Balaban J connectivity index is 3.06. The highest BCUT2D eigenvalue weighted by Crippen LogP contribution is 2.15. The van der Waals surface area contributed by atoms with E-state index in [-0.39, 0.29) is 0 Å². The highest BCUT2D eigenvalue weighted by molar-refractivity contribution is 7.86. The van der Waals surface area contributed by atoms with Gasteiger partial charge in [0.05, 0.1) is 0 Å². The van der Waals surface area contributed by atoms with Gasteiger partial charge in [0.2, 0.25) is 0 Å². The smallest absolute Gasteiger partial charge is 0.253 e. The molecule has 0 saturated heterocycles. The first-order valence-electron chi connectivity index (χ1n) is 3.65. The van der Waals surface area contributed by atoms with Crippen molar-refractivity contribution < 1.29 is 17.0 Å². The third-order valence-corrected chi connectivity index (χ3v) is 2.70. The number of benzene rings is 1. The Kier molecular flexibility index (Phi) is 3.23. The first kappa shape index (κ1) is 10.7. The predicted molar refractivity (Wildman–Crippen MR) is 48.4 cm³/mol. The maximum absolute atomic E-state index is 13.0. The Morgan fingerprint density at radius 3 is 2.64 bits per heavy atom. The third-order valence-electron chi connectivity index (χ3n) is 1.40. The zero-order valence-corrected chi connectivity index (χ0v) is 7.92. The Hall–Kier alpha value is -1.38. The summed E-state index contributed by atoms with van der Waals surface area (Å²) in [5.74, 6) is 1.13. The molecule has 0 amide bonds. The molecule has 0 N–H and O–H groups in total. The summed E-state index contributed by atoms with van der Waals surface area (Å²) in [5.41, 5.74) is 0. The lowest BCUT2D eigenvalue weighted by atomic mass is 10.4. The van der Waals surface area contributed by atoms with E-state index in [1.54, 1.807) is 0 Å². The van der Waals surface area contributed by atoms with Crippen LogP contribution in [-0.4, -0.2) is 15.0 Å². The molecule has 0 spiro atoms. The van der Waals surface area contributed by atoms with Gasteiger partial charge in [-0.15, -0.1) is 6.42 Å². The van der Waals surface area contributed by atoms with Crippen molar-refractivity contribution in [1.29, 1.82) is 0 Å². The maximum atomic E-state index is 13.0. The zero-order chi connectivity index (χ0) is 10.6. The minimum Gasteiger partial charge on any atom is -0.253 e. The van der Waals surface area contributed by atoms with Gasteiger partial charge in [0.15, 0.2) is 0 Å². The molecule has 0 atom stereocenters. The molecule has 0 fully saturated rings. The van der Waals surface area contributed by atoms with Crippen LogP contribution in [0.1, 0.15) is 0 Å². The zero-order valence-electron chi connectivity index (χ0n) is 7.10. The molecule has 0 aromatic heterocycles. The Morgan fingerprint density at radius 2 is 2.07 bits per heavy atom. The van der Waals surface area contributed by atoms with E-state index in [0.29, 0.717) is 0 Å². The molecule has 1 aromatic rings. The SMILES string of the molecule is C#CCOS(=O)(=O)c1ccccc1F. The molecule has 0 radical (unpaired) electrons. The van der Waals surface area contributed by atoms with Crippen molar-refractivity contribution in [2.24, 2.45) is 0 Å². The van der Waals surface area contributed by atoms with E-state index >= 15 is 0 Å². The van der Waals surface area contributed by atoms with Crippen LogP contribution in [0.4, 0.5) is 4.39 Å². The fraction of sp³-hybridized carbons (Fsp3) is 0.111. The molecule has 0 unspecified atom stereocenters.